The summed E-state index contributed by atoms with van der Waals surface area (Å²) in [7, 11) is 0. The van der Waals surface area contributed by atoms with E-state index in [9.17, 15) is 0 Å². The van der Waals surface area contributed by atoms with Gasteiger partial charge in [0, 0.05) is 25.7 Å². The Morgan fingerprint density at radius 2 is 1.75 bits per heavy atom. The van der Waals surface area contributed by atoms with E-state index in [1.807, 2.05) is 18.2 Å². The first-order valence-electron chi connectivity index (χ1n) is 7.12. The van der Waals surface area contributed by atoms with Gasteiger partial charge < -0.3 is 15.4 Å². The van der Waals surface area contributed by atoms with Crippen LogP contribution in [0.5, 0.6) is 5.75 Å². The van der Waals surface area contributed by atoms with Crippen LogP contribution in [0.3, 0.4) is 0 Å². The van der Waals surface area contributed by atoms with Gasteiger partial charge in [-0.1, -0.05) is 42.5 Å². The van der Waals surface area contributed by atoms with Crippen LogP contribution in [0.4, 0.5) is 0 Å². The summed E-state index contributed by atoms with van der Waals surface area (Å²) in [6.45, 7) is 3.68. The van der Waals surface area contributed by atoms with Crippen LogP contribution in [0, 0.1) is 0 Å². The normalized spacial score (nSPS) is 18.7. The number of ether oxygens (including phenoxy) is 1. The molecule has 1 atom stereocenters. The molecule has 104 valence electrons. The molecule has 1 heterocycles. The second-order valence-corrected chi connectivity index (χ2v) is 5.05. The van der Waals surface area contributed by atoms with Crippen molar-refractivity contribution in [1.82, 2.24) is 10.6 Å². The van der Waals surface area contributed by atoms with Crippen molar-refractivity contribution in [2.24, 2.45) is 0 Å². The molecule has 0 amide bonds. The lowest BCUT2D eigenvalue weighted by Crippen LogP contribution is -2.42. The summed E-state index contributed by atoms with van der Waals surface area (Å²) in [5, 5.41) is 6.91. The zero-order valence-corrected chi connectivity index (χ0v) is 11.5. The van der Waals surface area contributed by atoms with Gasteiger partial charge in [0.25, 0.3) is 0 Å². The lowest BCUT2D eigenvalue weighted by atomic mass is 10.1. The second kappa shape index (κ2) is 6.55. The molecular weight excluding hydrogens is 248 g/mol. The largest absolute Gasteiger partial charge is 0.489 e. The van der Waals surface area contributed by atoms with Crippen molar-refractivity contribution in [3.05, 3.63) is 65.7 Å². The summed E-state index contributed by atoms with van der Waals surface area (Å²) in [6, 6.07) is 19.0. The molecule has 20 heavy (non-hydrogen) atoms. The Morgan fingerprint density at radius 3 is 2.45 bits per heavy atom. The highest BCUT2D eigenvalue weighted by atomic mass is 16.5. The molecule has 1 saturated heterocycles. The molecule has 0 aromatic heterocycles. The first-order chi connectivity index (χ1) is 9.92. The van der Waals surface area contributed by atoms with Crippen LogP contribution < -0.4 is 15.4 Å². The van der Waals surface area contributed by atoms with E-state index in [1.54, 1.807) is 0 Å². The first kappa shape index (κ1) is 13.2. The Kier molecular flexibility index (Phi) is 4.31. The fourth-order valence-corrected chi connectivity index (χ4v) is 2.43. The number of hydrogen-bond donors (Lipinski definition) is 2. The van der Waals surface area contributed by atoms with Gasteiger partial charge in [0.1, 0.15) is 12.4 Å². The fourth-order valence-electron chi connectivity index (χ4n) is 2.43. The monoisotopic (exact) mass is 268 g/mol. The topological polar surface area (TPSA) is 33.3 Å². The van der Waals surface area contributed by atoms with E-state index >= 15 is 0 Å². The number of nitrogens with one attached hydrogen (secondary N) is 2. The summed E-state index contributed by atoms with van der Waals surface area (Å²) >= 11 is 0. The predicted molar refractivity (Wildman–Crippen MR) is 80.8 cm³/mol. The van der Waals surface area contributed by atoms with Crippen molar-refractivity contribution in [3.63, 3.8) is 0 Å². The van der Waals surface area contributed by atoms with Gasteiger partial charge in [-0.2, -0.15) is 0 Å². The molecule has 2 N–H and O–H groups in total. The van der Waals surface area contributed by atoms with Crippen LogP contribution >= 0.6 is 0 Å². The maximum Gasteiger partial charge on any atom is 0.119 e. The van der Waals surface area contributed by atoms with Crippen molar-refractivity contribution < 1.29 is 4.74 Å². The number of piperazine rings is 1. The molecule has 0 unspecified atom stereocenters. The van der Waals surface area contributed by atoms with Crippen molar-refractivity contribution in [2.45, 2.75) is 12.6 Å². The van der Waals surface area contributed by atoms with Gasteiger partial charge in [-0.25, -0.2) is 0 Å². The minimum absolute atomic E-state index is 0.409. The number of rotatable bonds is 4. The summed E-state index contributed by atoms with van der Waals surface area (Å²) in [5.41, 5.74) is 2.50. The first-order valence-corrected chi connectivity index (χ1v) is 7.12. The van der Waals surface area contributed by atoms with E-state index in [1.165, 1.54) is 11.1 Å². The molecule has 0 aliphatic carbocycles. The van der Waals surface area contributed by atoms with E-state index in [0.717, 1.165) is 25.4 Å². The SMILES string of the molecule is c1ccc(COc2ccc([C@@H]3CNCCN3)cc2)cc1. The van der Waals surface area contributed by atoms with Gasteiger partial charge in [-0.15, -0.1) is 0 Å². The third-order valence-corrected chi connectivity index (χ3v) is 3.57. The van der Waals surface area contributed by atoms with E-state index in [2.05, 4.69) is 47.0 Å². The Bertz CT molecular complexity index is 518. The van der Waals surface area contributed by atoms with E-state index in [0.29, 0.717) is 12.6 Å². The van der Waals surface area contributed by atoms with Gasteiger partial charge in [0.05, 0.1) is 0 Å². The van der Waals surface area contributed by atoms with Crippen LogP contribution in [-0.2, 0) is 6.61 Å². The number of hydrogen-bond acceptors (Lipinski definition) is 3. The van der Waals surface area contributed by atoms with Crippen LogP contribution in [0.15, 0.2) is 54.6 Å². The molecule has 1 aliphatic heterocycles. The molecule has 2 aromatic carbocycles. The minimum Gasteiger partial charge on any atom is -0.489 e. The Labute approximate surface area is 120 Å². The molecule has 1 fully saturated rings. The minimum atomic E-state index is 0.409. The maximum absolute atomic E-state index is 5.80. The molecule has 0 saturated carbocycles. The molecule has 0 bridgehead atoms. The number of benzene rings is 2. The van der Waals surface area contributed by atoms with E-state index in [-0.39, 0.29) is 0 Å². The Hall–Kier alpha value is -1.84. The van der Waals surface area contributed by atoms with Crippen molar-refractivity contribution in [1.29, 1.82) is 0 Å². The van der Waals surface area contributed by atoms with E-state index in [4.69, 9.17) is 4.74 Å². The quantitative estimate of drug-likeness (QED) is 0.894. The average Bonchev–Trinajstić information content (AvgIpc) is 2.55. The van der Waals surface area contributed by atoms with Gasteiger partial charge >= 0.3 is 0 Å². The van der Waals surface area contributed by atoms with Gasteiger partial charge in [0.2, 0.25) is 0 Å². The smallest absolute Gasteiger partial charge is 0.119 e. The van der Waals surface area contributed by atoms with Crippen molar-refractivity contribution >= 4 is 0 Å². The summed E-state index contributed by atoms with van der Waals surface area (Å²) in [5.74, 6) is 0.918. The lowest BCUT2D eigenvalue weighted by Gasteiger charge is -2.24. The molecule has 1 aliphatic rings. The van der Waals surface area contributed by atoms with Crippen molar-refractivity contribution in [2.75, 3.05) is 19.6 Å². The van der Waals surface area contributed by atoms with Crippen molar-refractivity contribution in [3.8, 4) is 5.75 Å². The van der Waals surface area contributed by atoms with Gasteiger partial charge in [0.15, 0.2) is 0 Å². The Morgan fingerprint density at radius 1 is 0.950 bits per heavy atom. The third kappa shape index (κ3) is 3.38. The molecule has 0 spiro atoms. The third-order valence-electron chi connectivity index (χ3n) is 3.57. The predicted octanol–water partition coefficient (Wildman–Crippen LogP) is 2.50. The highest BCUT2D eigenvalue weighted by Crippen LogP contribution is 2.19. The van der Waals surface area contributed by atoms with Gasteiger partial charge in [-0.3, -0.25) is 0 Å². The maximum atomic E-state index is 5.80. The molecule has 3 heteroatoms. The van der Waals surface area contributed by atoms with Gasteiger partial charge in [-0.05, 0) is 23.3 Å². The van der Waals surface area contributed by atoms with Crippen LogP contribution in [0.25, 0.3) is 0 Å². The summed E-state index contributed by atoms with van der Waals surface area (Å²) in [6.07, 6.45) is 0. The second-order valence-electron chi connectivity index (χ2n) is 5.05. The fraction of sp³-hybridized carbons (Fsp3) is 0.294. The van der Waals surface area contributed by atoms with Crippen LogP contribution in [0.1, 0.15) is 17.2 Å². The van der Waals surface area contributed by atoms with Crippen LogP contribution in [-0.4, -0.2) is 19.6 Å². The lowest BCUT2D eigenvalue weighted by molar-refractivity contribution is 0.306. The molecule has 3 rings (SSSR count). The summed E-state index contributed by atoms with van der Waals surface area (Å²) < 4.78 is 5.80. The molecule has 3 nitrogen and oxygen atoms in total. The van der Waals surface area contributed by atoms with Crippen LogP contribution in [0.2, 0.25) is 0 Å². The molecule has 2 aromatic rings. The highest BCUT2D eigenvalue weighted by molar-refractivity contribution is 5.30. The van der Waals surface area contributed by atoms with E-state index < -0.39 is 0 Å². The average molecular weight is 268 g/mol. The Balaban J connectivity index is 1.58. The highest BCUT2D eigenvalue weighted by Gasteiger charge is 2.13. The molecule has 0 radical (unpaired) electrons. The standard InChI is InChI=1S/C17H20N2O/c1-2-4-14(5-3-1)13-20-16-8-6-15(7-9-16)17-12-18-10-11-19-17/h1-9,17-19H,10-13H2/t17-/m0/s1. The zero-order valence-electron chi connectivity index (χ0n) is 11.5. The summed E-state index contributed by atoms with van der Waals surface area (Å²) in [4.78, 5) is 0. The zero-order chi connectivity index (χ0) is 13.6. The molecular formula is C17H20N2O.